The number of Topliss-reactive ketones (excluding diaryl/α,β-unsaturated/α-hetero) is 1. The summed E-state index contributed by atoms with van der Waals surface area (Å²) in [5, 5.41) is 8.21. The van der Waals surface area contributed by atoms with E-state index in [1.165, 1.54) is 4.90 Å². The monoisotopic (exact) mass is 605 g/mol. The van der Waals surface area contributed by atoms with E-state index in [1.54, 1.807) is 55.4 Å². The van der Waals surface area contributed by atoms with Gasteiger partial charge in [0.2, 0.25) is 17.6 Å². The number of fused-ring (bicyclic) bond motifs is 1. The zero-order valence-electron chi connectivity index (χ0n) is 27.1. The smallest absolute Gasteiger partial charge is 0.329 e. The molecule has 0 radical (unpaired) electrons. The first-order valence-corrected chi connectivity index (χ1v) is 15.5. The van der Waals surface area contributed by atoms with Gasteiger partial charge >= 0.3 is 12.0 Å². The summed E-state index contributed by atoms with van der Waals surface area (Å²) in [7, 11) is 0. The summed E-state index contributed by atoms with van der Waals surface area (Å²) in [6.07, 6.45) is 2.83. The number of ketones is 1. The first-order chi connectivity index (χ1) is 19.7. The zero-order chi connectivity index (χ0) is 32.6. The lowest BCUT2D eigenvalue weighted by Gasteiger charge is -2.38. The second kappa shape index (κ2) is 12.8. The Hall–Kier alpha value is -3.18. The standard InChI is InChI=1S/C31H51N5O7/c1-15(2)43-28(41)24(31(7,8)9)35-29(42)34-23(30(4,5)6)27(40)36-14-18-16(3)20(18)21(36)26(39)33-19(22(37)25(32)38)13-17-11-10-12-17/h15-21,23-24H,10-14H2,1-9H3,(H2,32,38)(H,33,39)(H2,34,35,42)/t16-,18-,19?,20+,21+,23-,24+/m1/s1. The number of nitrogens with two attached hydrogens (primary N) is 1. The number of nitrogens with zero attached hydrogens (tertiary/aromatic N) is 1. The van der Waals surface area contributed by atoms with Gasteiger partial charge in [-0.15, -0.1) is 0 Å². The minimum absolute atomic E-state index is 0.0949. The molecule has 0 aromatic carbocycles. The average Bonchev–Trinajstić information content (AvgIpc) is 3.27. The van der Waals surface area contributed by atoms with E-state index in [1.807, 2.05) is 6.92 Å². The highest BCUT2D eigenvalue weighted by Crippen LogP contribution is 2.55. The summed E-state index contributed by atoms with van der Waals surface area (Å²) in [6.45, 7) is 16.6. The van der Waals surface area contributed by atoms with Crippen LogP contribution in [0.25, 0.3) is 0 Å². The van der Waals surface area contributed by atoms with Crippen LogP contribution in [0.5, 0.6) is 0 Å². The molecule has 1 heterocycles. The van der Waals surface area contributed by atoms with Crippen LogP contribution in [0.1, 0.15) is 88.0 Å². The van der Waals surface area contributed by atoms with Crippen molar-refractivity contribution in [2.24, 2.45) is 40.2 Å². The van der Waals surface area contributed by atoms with Crippen molar-refractivity contribution in [3.63, 3.8) is 0 Å². The van der Waals surface area contributed by atoms with Crippen LogP contribution < -0.4 is 21.7 Å². The van der Waals surface area contributed by atoms with Crippen molar-refractivity contribution in [2.45, 2.75) is 118 Å². The van der Waals surface area contributed by atoms with Gasteiger partial charge in [-0.1, -0.05) is 67.7 Å². The summed E-state index contributed by atoms with van der Waals surface area (Å²) < 4.78 is 5.35. The molecule has 5 N–H and O–H groups in total. The molecule has 12 heteroatoms. The Morgan fingerprint density at radius 2 is 1.47 bits per heavy atom. The van der Waals surface area contributed by atoms with Crippen LogP contribution in [0.4, 0.5) is 4.79 Å². The lowest BCUT2D eigenvalue weighted by molar-refractivity contribution is -0.152. The highest BCUT2D eigenvalue weighted by atomic mass is 16.5. The number of carbonyl (C=O) groups is 6. The molecular weight excluding hydrogens is 554 g/mol. The Balaban J connectivity index is 1.80. The third kappa shape index (κ3) is 8.06. The molecule has 1 saturated heterocycles. The van der Waals surface area contributed by atoms with E-state index in [0.29, 0.717) is 13.0 Å². The molecule has 242 valence electrons. The maximum Gasteiger partial charge on any atom is 0.329 e. The number of esters is 1. The van der Waals surface area contributed by atoms with Gasteiger partial charge in [0.1, 0.15) is 18.1 Å². The number of hydrogen-bond acceptors (Lipinski definition) is 7. The van der Waals surface area contributed by atoms with Crippen LogP contribution >= 0.6 is 0 Å². The van der Waals surface area contributed by atoms with Crippen molar-refractivity contribution >= 4 is 35.5 Å². The third-order valence-corrected chi connectivity index (χ3v) is 9.08. The molecule has 3 rings (SSSR count). The van der Waals surface area contributed by atoms with E-state index in [9.17, 15) is 28.8 Å². The van der Waals surface area contributed by atoms with Gasteiger partial charge in [0.25, 0.3) is 5.91 Å². The number of amides is 5. The maximum atomic E-state index is 14.1. The van der Waals surface area contributed by atoms with E-state index >= 15 is 0 Å². The first-order valence-electron chi connectivity index (χ1n) is 15.5. The second-order valence-corrected chi connectivity index (χ2v) is 15.1. The molecule has 1 unspecified atom stereocenters. The van der Waals surface area contributed by atoms with Gasteiger partial charge < -0.3 is 31.3 Å². The number of urea groups is 1. The van der Waals surface area contributed by atoms with Gasteiger partial charge in [-0.3, -0.25) is 19.2 Å². The molecular formula is C31H51N5O7. The van der Waals surface area contributed by atoms with Crippen molar-refractivity contribution in [1.29, 1.82) is 0 Å². The molecule has 3 fully saturated rings. The van der Waals surface area contributed by atoms with Crippen LogP contribution in [0.3, 0.4) is 0 Å². The minimum Gasteiger partial charge on any atom is -0.461 e. The molecule has 0 bridgehead atoms. The largest absolute Gasteiger partial charge is 0.461 e. The lowest BCUT2D eigenvalue weighted by atomic mass is 9.80. The fraction of sp³-hybridized carbons (Fsp3) is 0.806. The normalized spacial score (nSPS) is 25.5. The Kier molecular flexibility index (Phi) is 10.2. The lowest BCUT2D eigenvalue weighted by Crippen LogP contribution is -2.62. The predicted molar refractivity (Wildman–Crippen MR) is 159 cm³/mol. The zero-order valence-corrected chi connectivity index (χ0v) is 27.1. The highest BCUT2D eigenvalue weighted by molar-refractivity contribution is 6.37. The third-order valence-electron chi connectivity index (χ3n) is 9.08. The number of ether oxygens (including phenoxy) is 1. The van der Waals surface area contributed by atoms with E-state index in [4.69, 9.17) is 10.5 Å². The van der Waals surface area contributed by atoms with Crippen molar-refractivity contribution in [1.82, 2.24) is 20.9 Å². The van der Waals surface area contributed by atoms with Crippen LogP contribution in [0.2, 0.25) is 0 Å². The maximum absolute atomic E-state index is 14.1. The van der Waals surface area contributed by atoms with Crippen LogP contribution in [0, 0.1) is 34.5 Å². The highest BCUT2D eigenvalue weighted by Gasteiger charge is 2.63. The number of likely N-dealkylation sites (tertiary alicyclic amines) is 1. The summed E-state index contributed by atoms with van der Waals surface area (Å²) in [5.41, 5.74) is 3.87. The molecule has 2 saturated carbocycles. The quantitative estimate of drug-likeness (QED) is 0.205. The van der Waals surface area contributed by atoms with E-state index in [-0.39, 0.29) is 29.8 Å². The summed E-state index contributed by atoms with van der Waals surface area (Å²) in [4.78, 5) is 79.7. The molecule has 7 atom stereocenters. The van der Waals surface area contributed by atoms with E-state index in [2.05, 4.69) is 16.0 Å². The van der Waals surface area contributed by atoms with Gasteiger partial charge in [0, 0.05) is 6.54 Å². The van der Waals surface area contributed by atoms with Crippen molar-refractivity contribution in [2.75, 3.05) is 6.54 Å². The van der Waals surface area contributed by atoms with Crippen molar-refractivity contribution in [3.05, 3.63) is 0 Å². The number of piperidine rings is 1. The van der Waals surface area contributed by atoms with Crippen molar-refractivity contribution < 1.29 is 33.5 Å². The second-order valence-electron chi connectivity index (χ2n) is 15.1. The molecule has 43 heavy (non-hydrogen) atoms. The molecule has 1 aliphatic heterocycles. The van der Waals surface area contributed by atoms with Gasteiger partial charge in [0.15, 0.2) is 0 Å². The van der Waals surface area contributed by atoms with Gasteiger partial charge in [-0.25, -0.2) is 9.59 Å². The Bertz CT molecular complexity index is 1120. The van der Waals surface area contributed by atoms with Crippen LogP contribution in [-0.4, -0.2) is 77.2 Å². The fourth-order valence-corrected chi connectivity index (χ4v) is 6.25. The van der Waals surface area contributed by atoms with E-state index < -0.39 is 70.5 Å². The number of hydrogen-bond donors (Lipinski definition) is 4. The molecule has 0 spiro atoms. The Morgan fingerprint density at radius 3 is 1.93 bits per heavy atom. The number of rotatable bonds is 11. The number of nitrogens with one attached hydrogen (secondary N) is 3. The molecule has 0 aromatic rings. The van der Waals surface area contributed by atoms with Gasteiger partial charge in [0.05, 0.1) is 12.1 Å². The predicted octanol–water partition coefficient (Wildman–Crippen LogP) is 1.89. The first kappa shape index (κ1) is 34.3. The Labute approximate surface area is 255 Å². The molecule has 3 aliphatic rings. The van der Waals surface area contributed by atoms with Crippen molar-refractivity contribution in [3.8, 4) is 0 Å². The summed E-state index contributed by atoms with van der Waals surface area (Å²) >= 11 is 0. The number of primary amides is 1. The SMILES string of the molecule is CC(C)OC(=O)[C@H](NC(=O)N[C@H](C(=O)N1C[C@@H]2[C@@H](C)[C@@H]2[C@H]1C(=O)NC(CC1CCC1)C(=O)C(N)=O)C(C)(C)C)C(C)(C)C. The number of carbonyl (C=O) groups excluding carboxylic acids is 6. The molecule has 0 aromatic heterocycles. The van der Waals surface area contributed by atoms with Gasteiger partial charge in [-0.05, 0) is 54.8 Å². The molecule has 2 aliphatic carbocycles. The summed E-state index contributed by atoms with van der Waals surface area (Å²) in [6, 6.07) is -4.60. The average molecular weight is 606 g/mol. The van der Waals surface area contributed by atoms with E-state index in [0.717, 1.165) is 19.3 Å². The Morgan fingerprint density at radius 1 is 0.907 bits per heavy atom. The van der Waals surface area contributed by atoms with Gasteiger partial charge in [-0.2, -0.15) is 0 Å². The fourth-order valence-electron chi connectivity index (χ4n) is 6.25. The van der Waals surface area contributed by atoms with Crippen LogP contribution in [0.15, 0.2) is 0 Å². The molecule has 12 nitrogen and oxygen atoms in total. The summed E-state index contributed by atoms with van der Waals surface area (Å²) in [5.74, 6) is -3.00. The topological polar surface area (TPSA) is 177 Å². The minimum atomic E-state index is -1.10. The van der Waals surface area contributed by atoms with Crippen LogP contribution in [-0.2, 0) is 28.7 Å². The molecule has 5 amide bonds.